The molecule has 1 aromatic rings. The average Bonchev–Trinajstić information content (AvgIpc) is 3.13. The summed E-state index contributed by atoms with van der Waals surface area (Å²) in [7, 11) is 0. The van der Waals surface area contributed by atoms with E-state index < -0.39 is 0 Å². The molecule has 94 valence electrons. The summed E-state index contributed by atoms with van der Waals surface area (Å²) < 4.78 is 0. The molecule has 1 aliphatic carbocycles. The minimum absolute atomic E-state index is 0.296. The maximum Gasteiger partial charge on any atom is 0.0332 e. The van der Waals surface area contributed by atoms with Gasteiger partial charge in [-0.05, 0) is 30.7 Å². The van der Waals surface area contributed by atoms with E-state index in [1.54, 1.807) is 0 Å². The number of hydrogen-bond donors (Lipinski definition) is 2. The lowest BCUT2D eigenvalue weighted by molar-refractivity contribution is 0.297. The highest BCUT2D eigenvalue weighted by Crippen LogP contribution is 2.52. The van der Waals surface area contributed by atoms with Crippen LogP contribution in [0.1, 0.15) is 45.1 Å². The van der Waals surface area contributed by atoms with E-state index in [0.717, 1.165) is 0 Å². The SMILES string of the molecule is CCCC(C)C(NN)C1(c2ccccc2)CC1. The zero-order chi connectivity index (χ0) is 12.3. The zero-order valence-corrected chi connectivity index (χ0v) is 10.9. The van der Waals surface area contributed by atoms with Gasteiger partial charge in [-0.2, -0.15) is 0 Å². The van der Waals surface area contributed by atoms with E-state index in [-0.39, 0.29) is 0 Å². The summed E-state index contributed by atoms with van der Waals surface area (Å²) in [6, 6.07) is 11.2. The molecule has 0 aromatic heterocycles. The lowest BCUT2D eigenvalue weighted by atomic mass is 9.80. The fourth-order valence-electron chi connectivity index (χ4n) is 3.17. The maximum absolute atomic E-state index is 5.82. The van der Waals surface area contributed by atoms with Crippen molar-refractivity contribution in [3.8, 4) is 0 Å². The van der Waals surface area contributed by atoms with Crippen molar-refractivity contribution < 1.29 is 0 Å². The van der Waals surface area contributed by atoms with Crippen molar-refractivity contribution in [1.82, 2.24) is 5.43 Å². The first-order valence-corrected chi connectivity index (χ1v) is 6.76. The third-order valence-electron chi connectivity index (χ3n) is 4.23. The molecule has 2 nitrogen and oxygen atoms in total. The van der Waals surface area contributed by atoms with Gasteiger partial charge in [0.05, 0.1) is 0 Å². The highest BCUT2D eigenvalue weighted by atomic mass is 15.2. The summed E-state index contributed by atoms with van der Waals surface area (Å²) in [6.07, 6.45) is 4.99. The fourth-order valence-corrected chi connectivity index (χ4v) is 3.17. The van der Waals surface area contributed by atoms with Gasteiger partial charge in [-0.25, -0.2) is 0 Å². The minimum Gasteiger partial charge on any atom is -0.271 e. The Hall–Kier alpha value is -0.860. The molecule has 2 rings (SSSR count). The van der Waals surface area contributed by atoms with Crippen LogP contribution in [-0.2, 0) is 5.41 Å². The van der Waals surface area contributed by atoms with Crippen LogP contribution in [0.15, 0.2) is 30.3 Å². The molecule has 0 aliphatic heterocycles. The van der Waals surface area contributed by atoms with Crippen molar-refractivity contribution in [3.63, 3.8) is 0 Å². The van der Waals surface area contributed by atoms with Crippen molar-refractivity contribution in [2.24, 2.45) is 11.8 Å². The van der Waals surface area contributed by atoms with E-state index in [1.807, 2.05) is 0 Å². The van der Waals surface area contributed by atoms with Crippen LogP contribution in [0.25, 0.3) is 0 Å². The molecule has 0 bridgehead atoms. The molecule has 0 amide bonds. The predicted molar refractivity (Wildman–Crippen MR) is 72.5 cm³/mol. The zero-order valence-electron chi connectivity index (χ0n) is 10.9. The molecule has 0 spiro atoms. The molecule has 1 saturated carbocycles. The van der Waals surface area contributed by atoms with Crippen molar-refractivity contribution in [3.05, 3.63) is 35.9 Å². The Morgan fingerprint density at radius 1 is 1.29 bits per heavy atom. The third kappa shape index (κ3) is 2.38. The van der Waals surface area contributed by atoms with Gasteiger partial charge in [0.1, 0.15) is 0 Å². The van der Waals surface area contributed by atoms with Crippen LogP contribution in [-0.4, -0.2) is 6.04 Å². The van der Waals surface area contributed by atoms with Gasteiger partial charge in [-0.15, -0.1) is 0 Å². The molecule has 2 atom stereocenters. The molecular formula is C15H24N2. The molecular weight excluding hydrogens is 208 g/mol. The van der Waals surface area contributed by atoms with Gasteiger partial charge < -0.3 is 0 Å². The van der Waals surface area contributed by atoms with E-state index in [4.69, 9.17) is 5.84 Å². The lowest BCUT2D eigenvalue weighted by Crippen LogP contribution is -2.48. The van der Waals surface area contributed by atoms with Gasteiger partial charge in [0.15, 0.2) is 0 Å². The number of rotatable bonds is 6. The smallest absolute Gasteiger partial charge is 0.0332 e. The third-order valence-corrected chi connectivity index (χ3v) is 4.23. The Kier molecular flexibility index (Phi) is 3.85. The Morgan fingerprint density at radius 2 is 1.94 bits per heavy atom. The van der Waals surface area contributed by atoms with E-state index in [2.05, 4.69) is 49.6 Å². The molecule has 0 saturated heterocycles. The van der Waals surface area contributed by atoms with Crippen LogP contribution < -0.4 is 11.3 Å². The van der Waals surface area contributed by atoms with Gasteiger partial charge in [0, 0.05) is 11.5 Å². The molecule has 2 heteroatoms. The summed E-state index contributed by atoms with van der Waals surface area (Å²) in [5.74, 6) is 6.45. The van der Waals surface area contributed by atoms with Crippen molar-refractivity contribution in [2.75, 3.05) is 0 Å². The minimum atomic E-state index is 0.296. The van der Waals surface area contributed by atoms with Crippen molar-refractivity contribution in [2.45, 2.75) is 51.0 Å². The Balaban J connectivity index is 2.19. The molecule has 1 fully saturated rings. The van der Waals surface area contributed by atoms with Crippen LogP contribution in [0.3, 0.4) is 0 Å². The number of nitrogens with two attached hydrogens (primary N) is 1. The molecule has 1 aromatic carbocycles. The van der Waals surface area contributed by atoms with E-state index in [0.29, 0.717) is 17.4 Å². The van der Waals surface area contributed by atoms with E-state index in [1.165, 1.54) is 31.2 Å². The molecule has 2 unspecified atom stereocenters. The number of hydrazine groups is 1. The van der Waals surface area contributed by atoms with Crippen LogP contribution >= 0.6 is 0 Å². The van der Waals surface area contributed by atoms with E-state index in [9.17, 15) is 0 Å². The normalized spacial score (nSPS) is 20.9. The fraction of sp³-hybridized carbons (Fsp3) is 0.600. The van der Waals surface area contributed by atoms with Gasteiger partial charge >= 0.3 is 0 Å². The van der Waals surface area contributed by atoms with Gasteiger partial charge in [0.25, 0.3) is 0 Å². The van der Waals surface area contributed by atoms with Crippen LogP contribution in [0.2, 0.25) is 0 Å². The topological polar surface area (TPSA) is 38.0 Å². The summed E-state index contributed by atoms with van der Waals surface area (Å²) in [4.78, 5) is 0. The van der Waals surface area contributed by atoms with Crippen LogP contribution in [0, 0.1) is 5.92 Å². The maximum atomic E-state index is 5.82. The lowest BCUT2D eigenvalue weighted by Gasteiger charge is -2.32. The standard InChI is InChI=1S/C15H24N2/c1-3-7-12(2)14(17-16)15(10-11-15)13-8-5-4-6-9-13/h4-6,8-9,12,14,17H,3,7,10-11,16H2,1-2H3. The highest BCUT2D eigenvalue weighted by molar-refractivity contribution is 5.34. The number of nitrogens with one attached hydrogen (secondary N) is 1. The van der Waals surface area contributed by atoms with Gasteiger partial charge in [0.2, 0.25) is 0 Å². The first-order chi connectivity index (χ1) is 8.24. The Bertz CT molecular complexity index is 343. The first kappa shape index (κ1) is 12.6. The molecule has 17 heavy (non-hydrogen) atoms. The van der Waals surface area contributed by atoms with Gasteiger partial charge in [-0.3, -0.25) is 11.3 Å². The van der Waals surface area contributed by atoms with Crippen molar-refractivity contribution in [1.29, 1.82) is 0 Å². The van der Waals surface area contributed by atoms with Crippen LogP contribution in [0.5, 0.6) is 0 Å². The van der Waals surface area contributed by atoms with Crippen LogP contribution in [0.4, 0.5) is 0 Å². The molecule has 0 heterocycles. The number of hydrogen-bond acceptors (Lipinski definition) is 2. The Morgan fingerprint density at radius 3 is 2.41 bits per heavy atom. The summed E-state index contributed by atoms with van der Waals surface area (Å²) >= 11 is 0. The second-order valence-corrected chi connectivity index (χ2v) is 5.43. The summed E-state index contributed by atoms with van der Waals surface area (Å²) in [6.45, 7) is 4.56. The van der Waals surface area contributed by atoms with Crippen molar-refractivity contribution >= 4 is 0 Å². The molecule has 1 aliphatic rings. The second kappa shape index (κ2) is 5.19. The first-order valence-electron chi connectivity index (χ1n) is 6.76. The Labute approximate surface area is 105 Å². The summed E-state index contributed by atoms with van der Waals surface area (Å²) in [5, 5.41) is 0. The largest absolute Gasteiger partial charge is 0.271 e. The average molecular weight is 232 g/mol. The predicted octanol–water partition coefficient (Wildman–Crippen LogP) is 2.99. The monoisotopic (exact) mass is 232 g/mol. The summed E-state index contributed by atoms with van der Waals surface area (Å²) in [5.41, 5.74) is 4.83. The number of benzene rings is 1. The molecule has 3 N–H and O–H groups in total. The quantitative estimate of drug-likeness (QED) is 0.584. The van der Waals surface area contributed by atoms with E-state index >= 15 is 0 Å². The molecule has 0 radical (unpaired) electrons. The highest BCUT2D eigenvalue weighted by Gasteiger charge is 2.51. The second-order valence-electron chi connectivity index (χ2n) is 5.43. The van der Waals surface area contributed by atoms with Gasteiger partial charge in [-0.1, -0.05) is 50.6 Å².